The van der Waals surface area contributed by atoms with Crippen molar-refractivity contribution in [3.8, 4) is 11.8 Å². The molecule has 21 heavy (non-hydrogen) atoms. The number of hydrogen-bond donors (Lipinski definition) is 1. The number of carbonyl (C=O) groups is 1. The van der Waals surface area contributed by atoms with Crippen LogP contribution in [0.4, 0.5) is 10.7 Å². The zero-order valence-electron chi connectivity index (χ0n) is 13.2. The number of aromatic nitrogens is 2. The quantitative estimate of drug-likeness (QED) is 0.679. The molecule has 0 spiro atoms. The number of anilines is 1. The molecule has 1 amide bonds. The zero-order valence-corrected chi connectivity index (χ0v) is 13.2. The van der Waals surface area contributed by atoms with Gasteiger partial charge in [0.05, 0.1) is 5.56 Å². The molecule has 1 N–H and O–H groups in total. The predicted molar refractivity (Wildman–Crippen MR) is 82.1 cm³/mol. The van der Waals surface area contributed by atoms with Crippen LogP contribution >= 0.6 is 0 Å². The van der Waals surface area contributed by atoms with Gasteiger partial charge in [-0.3, -0.25) is 0 Å². The fraction of sp³-hybridized carbons (Fsp3) is 0.533. The van der Waals surface area contributed by atoms with Gasteiger partial charge in [-0.05, 0) is 20.8 Å². The van der Waals surface area contributed by atoms with Crippen LogP contribution in [0.1, 0.15) is 32.8 Å². The minimum absolute atomic E-state index is 0.428. The molecule has 0 fully saturated rings. The van der Waals surface area contributed by atoms with E-state index in [0.717, 1.165) is 5.56 Å². The molecule has 0 saturated heterocycles. The van der Waals surface area contributed by atoms with E-state index in [9.17, 15) is 4.79 Å². The van der Waals surface area contributed by atoms with Crippen LogP contribution in [-0.2, 0) is 4.74 Å². The smallest absolute Gasteiger partial charge is 0.407 e. The minimum Gasteiger partial charge on any atom is -0.444 e. The third kappa shape index (κ3) is 7.16. The van der Waals surface area contributed by atoms with Crippen molar-refractivity contribution in [2.75, 3.05) is 25.5 Å². The van der Waals surface area contributed by atoms with E-state index in [-0.39, 0.29) is 0 Å². The van der Waals surface area contributed by atoms with Crippen molar-refractivity contribution >= 4 is 12.0 Å². The predicted octanol–water partition coefficient (Wildman–Crippen LogP) is 1.81. The van der Waals surface area contributed by atoms with Crippen molar-refractivity contribution in [1.29, 1.82) is 0 Å². The summed E-state index contributed by atoms with van der Waals surface area (Å²) in [6.45, 7) is 5.91. The number of ether oxygens (including phenoxy) is 1. The third-order valence-corrected chi connectivity index (χ3v) is 2.19. The maximum absolute atomic E-state index is 11.4. The summed E-state index contributed by atoms with van der Waals surface area (Å²) in [7, 11) is 3.76. The van der Waals surface area contributed by atoms with Gasteiger partial charge < -0.3 is 15.0 Å². The molecule has 6 heteroatoms. The van der Waals surface area contributed by atoms with Crippen LogP contribution < -0.4 is 10.2 Å². The van der Waals surface area contributed by atoms with Crippen LogP contribution in [0.2, 0.25) is 0 Å². The number of amides is 1. The Kier molecular flexibility index (Phi) is 5.97. The Labute approximate surface area is 125 Å². The maximum atomic E-state index is 11.4. The molecule has 0 aromatic carbocycles. The lowest BCUT2D eigenvalue weighted by molar-refractivity contribution is 0.0529. The Morgan fingerprint density at radius 1 is 1.33 bits per heavy atom. The molecule has 1 heterocycles. The van der Waals surface area contributed by atoms with E-state index in [4.69, 9.17) is 4.74 Å². The van der Waals surface area contributed by atoms with Crippen molar-refractivity contribution in [2.45, 2.75) is 32.8 Å². The lowest BCUT2D eigenvalue weighted by atomic mass is 10.2. The second kappa shape index (κ2) is 7.48. The highest BCUT2D eigenvalue weighted by atomic mass is 16.6. The summed E-state index contributed by atoms with van der Waals surface area (Å²) in [6, 6.07) is 0. The number of rotatable bonds is 3. The van der Waals surface area contributed by atoms with Crippen molar-refractivity contribution in [3.05, 3.63) is 18.0 Å². The van der Waals surface area contributed by atoms with E-state index in [1.807, 2.05) is 39.8 Å². The van der Waals surface area contributed by atoms with Crippen LogP contribution in [0.25, 0.3) is 0 Å². The van der Waals surface area contributed by atoms with Gasteiger partial charge in [-0.2, -0.15) is 0 Å². The van der Waals surface area contributed by atoms with Crippen LogP contribution in [-0.4, -0.2) is 42.3 Å². The summed E-state index contributed by atoms with van der Waals surface area (Å²) in [6.07, 6.45) is 3.46. The Balaban J connectivity index is 2.35. The molecule has 1 aromatic heterocycles. The van der Waals surface area contributed by atoms with Crippen LogP contribution in [0.5, 0.6) is 0 Å². The van der Waals surface area contributed by atoms with Crippen LogP contribution in [0.3, 0.4) is 0 Å². The molecule has 114 valence electrons. The molecular formula is C15H22N4O2. The van der Waals surface area contributed by atoms with Gasteiger partial charge >= 0.3 is 6.09 Å². The molecule has 0 aliphatic carbocycles. The second-order valence-corrected chi connectivity index (χ2v) is 5.65. The maximum Gasteiger partial charge on any atom is 0.407 e. The molecule has 0 atom stereocenters. The van der Waals surface area contributed by atoms with Gasteiger partial charge in [0.15, 0.2) is 0 Å². The zero-order chi connectivity index (χ0) is 15.9. The van der Waals surface area contributed by atoms with E-state index >= 15 is 0 Å². The number of nitrogens with one attached hydrogen (secondary N) is 1. The summed E-state index contributed by atoms with van der Waals surface area (Å²) in [4.78, 5) is 21.5. The van der Waals surface area contributed by atoms with Gasteiger partial charge in [-0.15, -0.1) is 0 Å². The Hall–Kier alpha value is -2.29. The minimum atomic E-state index is -0.485. The largest absolute Gasteiger partial charge is 0.444 e. The summed E-state index contributed by atoms with van der Waals surface area (Å²) in [5.41, 5.74) is 0.263. The highest BCUT2D eigenvalue weighted by Gasteiger charge is 2.15. The Morgan fingerprint density at radius 3 is 2.48 bits per heavy atom. The highest BCUT2D eigenvalue weighted by molar-refractivity contribution is 5.67. The summed E-state index contributed by atoms with van der Waals surface area (Å²) < 4.78 is 5.12. The van der Waals surface area contributed by atoms with Gasteiger partial charge in [-0.25, -0.2) is 14.8 Å². The number of hydrogen-bond acceptors (Lipinski definition) is 5. The molecule has 0 aliphatic heterocycles. The van der Waals surface area contributed by atoms with Crippen LogP contribution in [0, 0.1) is 11.8 Å². The molecule has 6 nitrogen and oxygen atoms in total. The number of carbonyl (C=O) groups excluding carboxylic acids is 1. The normalized spacial score (nSPS) is 10.3. The first kappa shape index (κ1) is 16.8. The van der Waals surface area contributed by atoms with E-state index in [1.165, 1.54) is 0 Å². The molecule has 0 saturated carbocycles. The molecule has 0 unspecified atom stereocenters. The molecule has 1 aromatic rings. The van der Waals surface area contributed by atoms with Gasteiger partial charge in [0.25, 0.3) is 0 Å². The van der Waals surface area contributed by atoms with Crippen molar-refractivity contribution in [2.24, 2.45) is 0 Å². The fourth-order valence-corrected chi connectivity index (χ4v) is 1.32. The monoisotopic (exact) mass is 290 g/mol. The fourth-order valence-electron chi connectivity index (χ4n) is 1.32. The average molecular weight is 290 g/mol. The topological polar surface area (TPSA) is 67.4 Å². The van der Waals surface area contributed by atoms with E-state index in [2.05, 4.69) is 27.1 Å². The first-order valence-corrected chi connectivity index (χ1v) is 6.73. The Morgan fingerprint density at radius 2 is 1.95 bits per heavy atom. The van der Waals surface area contributed by atoms with Gasteiger partial charge in [-0.1, -0.05) is 11.8 Å². The van der Waals surface area contributed by atoms with E-state index in [1.54, 1.807) is 12.4 Å². The van der Waals surface area contributed by atoms with Gasteiger partial charge in [0.2, 0.25) is 5.95 Å². The summed E-state index contributed by atoms with van der Waals surface area (Å²) >= 11 is 0. The lowest BCUT2D eigenvalue weighted by Crippen LogP contribution is -2.32. The molecular weight excluding hydrogens is 268 g/mol. The van der Waals surface area contributed by atoms with Crippen molar-refractivity contribution in [1.82, 2.24) is 15.3 Å². The molecule has 0 bridgehead atoms. The summed E-state index contributed by atoms with van der Waals surface area (Å²) in [5.74, 6) is 6.55. The second-order valence-electron chi connectivity index (χ2n) is 5.65. The number of nitrogens with zero attached hydrogens (tertiary/aromatic N) is 3. The van der Waals surface area contributed by atoms with Crippen molar-refractivity contribution < 1.29 is 9.53 Å². The highest BCUT2D eigenvalue weighted by Crippen LogP contribution is 2.06. The molecule has 0 aliphatic rings. The SMILES string of the molecule is CN(C)c1ncc(C#CCCNC(=O)OC(C)(C)C)cn1. The Bertz CT molecular complexity index is 521. The molecule has 0 radical (unpaired) electrons. The standard InChI is InChI=1S/C15H22N4O2/c1-15(2,3)21-14(20)16-9-7-6-8-12-10-17-13(18-11-12)19(4)5/h10-11H,7,9H2,1-5H3,(H,16,20). The summed E-state index contributed by atoms with van der Waals surface area (Å²) in [5, 5.41) is 2.65. The van der Waals surface area contributed by atoms with E-state index < -0.39 is 11.7 Å². The molecule has 1 rings (SSSR count). The average Bonchev–Trinajstić information content (AvgIpc) is 2.36. The first-order chi connectivity index (χ1) is 9.78. The van der Waals surface area contributed by atoms with E-state index in [0.29, 0.717) is 18.9 Å². The van der Waals surface area contributed by atoms with Gasteiger partial charge in [0.1, 0.15) is 5.60 Å². The van der Waals surface area contributed by atoms with Crippen molar-refractivity contribution in [3.63, 3.8) is 0 Å². The third-order valence-electron chi connectivity index (χ3n) is 2.19. The number of alkyl carbamates (subject to hydrolysis) is 1. The first-order valence-electron chi connectivity index (χ1n) is 6.73. The van der Waals surface area contributed by atoms with Crippen LogP contribution in [0.15, 0.2) is 12.4 Å². The lowest BCUT2D eigenvalue weighted by Gasteiger charge is -2.19. The van der Waals surface area contributed by atoms with Gasteiger partial charge in [0, 0.05) is 39.5 Å².